The van der Waals surface area contributed by atoms with Crippen LogP contribution in [0.3, 0.4) is 0 Å². The van der Waals surface area contributed by atoms with E-state index in [1.165, 1.54) is 16.7 Å². The van der Waals surface area contributed by atoms with Crippen molar-refractivity contribution in [1.82, 2.24) is 4.98 Å². The van der Waals surface area contributed by atoms with Crippen molar-refractivity contribution in [3.63, 3.8) is 0 Å². The van der Waals surface area contributed by atoms with Crippen molar-refractivity contribution >= 4 is 35.5 Å². The Balaban J connectivity index is 1.55. The molecule has 0 bridgehead atoms. The summed E-state index contributed by atoms with van der Waals surface area (Å²) in [5.41, 5.74) is 6.02. The fourth-order valence-electron chi connectivity index (χ4n) is 4.13. The minimum absolute atomic E-state index is 0.0290. The molecule has 0 radical (unpaired) electrons. The van der Waals surface area contributed by atoms with Crippen molar-refractivity contribution < 1.29 is 13.1 Å². The van der Waals surface area contributed by atoms with Gasteiger partial charge in [0, 0.05) is 32.4 Å². The smallest absolute Gasteiger partial charge is 0.398 e. The summed E-state index contributed by atoms with van der Waals surface area (Å²) in [5.74, 6) is 2.83. The van der Waals surface area contributed by atoms with Gasteiger partial charge in [-0.05, 0) is 44.1 Å². The Morgan fingerprint density at radius 2 is 2.00 bits per heavy atom. The molecule has 0 amide bonds. The zero-order valence-corrected chi connectivity index (χ0v) is 16.7. The van der Waals surface area contributed by atoms with Gasteiger partial charge in [-0.25, -0.2) is 9.55 Å². The first kappa shape index (κ1) is 14.6. The van der Waals surface area contributed by atoms with E-state index in [4.69, 9.17) is 8.53 Å². The first-order valence-electron chi connectivity index (χ1n) is 11.1. The van der Waals surface area contributed by atoms with E-state index in [0.29, 0.717) is 11.6 Å². The van der Waals surface area contributed by atoms with Gasteiger partial charge in [0.05, 0.1) is 0 Å². The summed E-state index contributed by atoms with van der Waals surface area (Å²) in [6.45, 7) is -0.165. The Morgan fingerprint density at radius 3 is 2.79 bits per heavy atom. The molecule has 0 fully saturated rings. The highest BCUT2D eigenvalue weighted by Gasteiger charge is 2.35. The van der Waals surface area contributed by atoms with Crippen molar-refractivity contribution in [1.29, 1.82) is 0 Å². The molecule has 0 atom stereocenters. The SMILES string of the molecule is [2H]C([2H])([2H])c1ccc2c3c(oc2n1)N(C)B(c1cc(C)c(-c2ccccc2)c[n+]1C)C=C3. The standard InChI is InChI=1S/C24H23BN3O/c1-16-14-22(27(3)15-21(16)18-8-6-5-7-9-18)25-13-12-20-19-11-10-17(2)26-23(19)29-24(20)28(25)4/h5-15H,1-4H3/q+1/i2D3. The number of hydrogen-bond acceptors (Lipinski definition) is 3. The van der Waals surface area contributed by atoms with Crippen LogP contribution in [0.25, 0.3) is 28.3 Å². The third-order valence-corrected chi connectivity index (χ3v) is 5.66. The molecule has 5 heteroatoms. The molecule has 0 saturated carbocycles. The number of nitrogens with zero attached hydrogens (tertiary/aromatic N) is 3. The van der Waals surface area contributed by atoms with Gasteiger partial charge < -0.3 is 9.23 Å². The fourth-order valence-corrected chi connectivity index (χ4v) is 4.13. The second kappa shape index (κ2) is 6.62. The van der Waals surface area contributed by atoms with E-state index in [1.54, 1.807) is 12.1 Å². The monoisotopic (exact) mass is 383 g/mol. The minimum Gasteiger partial charge on any atom is -0.423 e. The molecule has 3 aromatic heterocycles. The molecule has 29 heavy (non-hydrogen) atoms. The van der Waals surface area contributed by atoms with Gasteiger partial charge in [-0.3, -0.25) is 0 Å². The van der Waals surface area contributed by atoms with E-state index in [0.717, 1.165) is 16.5 Å². The highest BCUT2D eigenvalue weighted by molar-refractivity contribution is 6.80. The van der Waals surface area contributed by atoms with Crippen LogP contribution in [0.5, 0.6) is 0 Å². The molecule has 0 spiro atoms. The maximum absolute atomic E-state index is 7.62. The summed E-state index contributed by atoms with van der Waals surface area (Å²) in [7, 11) is 4.04. The molecule has 0 N–H and O–H groups in total. The molecule has 0 saturated heterocycles. The summed E-state index contributed by atoms with van der Waals surface area (Å²) in [5, 5.41) is 0.814. The topological polar surface area (TPSA) is 33.2 Å². The van der Waals surface area contributed by atoms with Crippen LogP contribution < -0.4 is 15.0 Å². The molecule has 0 aliphatic carbocycles. The summed E-state index contributed by atoms with van der Waals surface area (Å²) in [6.07, 6.45) is 4.21. The summed E-state index contributed by atoms with van der Waals surface area (Å²) >= 11 is 0. The third-order valence-electron chi connectivity index (χ3n) is 5.66. The van der Waals surface area contributed by atoms with Crippen LogP contribution in [0, 0.1) is 13.8 Å². The van der Waals surface area contributed by atoms with Crippen LogP contribution in [0.1, 0.15) is 20.9 Å². The Kier molecular flexibility index (Phi) is 3.34. The lowest BCUT2D eigenvalue weighted by atomic mass is 9.55. The molecule has 4 heterocycles. The van der Waals surface area contributed by atoms with E-state index in [2.05, 4.69) is 70.8 Å². The number of benzene rings is 1. The number of anilines is 1. The number of pyridine rings is 2. The molecule has 0 unspecified atom stereocenters. The molecule has 1 aliphatic rings. The number of furan rings is 1. The quantitative estimate of drug-likeness (QED) is 0.390. The van der Waals surface area contributed by atoms with Crippen molar-refractivity contribution in [2.75, 3.05) is 11.9 Å². The van der Waals surface area contributed by atoms with Crippen LogP contribution in [-0.4, -0.2) is 18.9 Å². The van der Waals surface area contributed by atoms with Crippen LogP contribution in [0.15, 0.2) is 65.1 Å². The van der Waals surface area contributed by atoms with E-state index >= 15 is 0 Å². The molecule has 1 aliphatic heterocycles. The number of aromatic nitrogens is 2. The first-order chi connectivity index (χ1) is 15.2. The molecular formula is C24H23BN3O+. The van der Waals surface area contributed by atoms with Gasteiger partial charge in [-0.1, -0.05) is 42.4 Å². The second-order valence-corrected chi connectivity index (χ2v) is 7.56. The Morgan fingerprint density at radius 1 is 1.17 bits per heavy atom. The fraction of sp³-hybridized carbons (Fsp3) is 0.167. The highest BCUT2D eigenvalue weighted by Crippen LogP contribution is 2.35. The van der Waals surface area contributed by atoms with Gasteiger partial charge >= 0.3 is 6.85 Å². The lowest BCUT2D eigenvalue weighted by Gasteiger charge is -2.24. The van der Waals surface area contributed by atoms with Crippen LogP contribution in [0.4, 0.5) is 5.88 Å². The van der Waals surface area contributed by atoms with Crippen molar-refractivity contribution in [3.05, 3.63) is 77.5 Å². The number of rotatable bonds is 2. The molecule has 1 aromatic carbocycles. The maximum Gasteiger partial charge on any atom is 0.398 e. The van der Waals surface area contributed by atoms with E-state index in [1.807, 2.05) is 19.2 Å². The largest absolute Gasteiger partial charge is 0.423 e. The predicted octanol–water partition coefficient (Wildman–Crippen LogP) is 3.84. The van der Waals surface area contributed by atoms with E-state index in [9.17, 15) is 0 Å². The summed E-state index contributed by atoms with van der Waals surface area (Å²) < 4.78 is 31.1. The van der Waals surface area contributed by atoms with Gasteiger partial charge in [0.1, 0.15) is 7.05 Å². The van der Waals surface area contributed by atoms with Gasteiger partial charge in [0.15, 0.2) is 17.7 Å². The van der Waals surface area contributed by atoms with Gasteiger partial charge in [-0.2, -0.15) is 0 Å². The number of aryl methyl sites for hydroxylation is 3. The van der Waals surface area contributed by atoms with Crippen LogP contribution >= 0.6 is 0 Å². The average molecular weight is 383 g/mol. The number of fused-ring (bicyclic) bond motifs is 3. The Hall–Kier alpha value is -3.34. The maximum atomic E-state index is 7.62. The third kappa shape index (κ3) is 2.85. The van der Waals surface area contributed by atoms with Gasteiger partial charge in [-0.15, -0.1) is 0 Å². The summed E-state index contributed by atoms with van der Waals surface area (Å²) in [6, 6.07) is 15.9. The molecule has 5 rings (SSSR count). The average Bonchev–Trinajstić information content (AvgIpc) is 3.14. The van der Waals surface area contributed by atoms with Crippen LogP contribution in [0.2, 0.25) is 0 Å². The normalized spacial score (nSPS) is 15.2. The molecule has 142 valence electrons. The van der Waals surface area contributed by atoms with E-state index in [-0.39, 0.29) is 12.5 Å². The van der Waals surface area contributed by atoms with Crippen molar-refractivity contribution in [2.24, 2.45) is 7.05 Å². The molecule has 4 nitrogen and oxygen atoms in total. The van der Waals surface area contributed by atoms with Crippen molar-refractivity contribution in [3.8, 4) is 11.1 Å². The second-order valence-electron chi connectivity index (χ2n) is 7.56. The predicted molar refractivity (Wildman–Crippen MR) is 119 cm³/mol. The highest BCUT2D eigenvalue weighted by atomic mass is 16.4. The Bertz CT molecular complexity index is 1360. The molecule has 4 aromatic rings. The van der Waals surface area contributed by atoms with Gasteiger partial charge in [0.2, 0.25) is 5.71 Å². The first-order valence-corrected chi connectivity index (χ1v) is 9.64. The zero-order valence-electron chi connectivity index (χ0n) is 19.7. The lowest BCUT2D eigenvalue weighted by molar-refractivity contribution is -0.653. The minimum atomic E-state index is -2.27. The lowest BCUT2D eigenvalue weighted by Crippen LogP contribution is -2.60. The molecular weight excluding hydrogens is 357 g/mol. The summed E-state index contributed by atoms with van der Waals surface area (Å²) in [4.78, 5) is 6.34. The number of hydrogen-bond donors (Lipinski definition) is 0. The zero-order chi connectivity index (χ0) is 22.6. The van der Waals surface area contributed by atoms with Gasteiger partial charge in [0.25, 0.3) is 0 Å². The van der Waals surface area contributed by atoms with Crippen LogP contribution in [-0.2, 0) is 7.05 Å². The van der Waals surface area contributed by atoms with E-state index < -0.39 is 6.85 Å². The van der Waals surface area contributed by atoms with Crippen molar-refractivity contribution in [2.45, 2.75) is 13.8 Å². The Labute approximate surface area is 175 Å².